The van der Waals surface area contributed by atoms with Crippen LogP contribution >= 0.6 is 0 Å². The molecule has 1 saturated heterocycles. The molecule has 1 atom stereocenters. The van der Waals surface area contributed by atoms with Crippen molar-refractivity contribution in [1.82, 2.24) is 10.3 Å². The van der Waals surface area contributed by atoms with Crippen LogP contribution in [0.4, 0.5) is 4.39 Å². The van der Waals surface area contributed by atoms with Crippen LogP contribution in [0.3, 0.4) is 0 Å². The average Bonchev–Trinajstić information content (AvgIpc) is 2.19. The van der Waals surface area contributed by atoms with Crippen LogP contribution in [0.1, 0.15) is 25.1 Å². The molecule has 0 bridgehead atoms. The zero-order valence-electron chi connectivity index (χ0n) is 8.74. The maximum absolute atomic E-state index is 12.7. The molecule has 1 aromatic heterocycles. The molecule has 1 fully saturated rings. The molecule has 4 heteroatoms. The molecule has 0 saturated carbocycles. The molecule has 0 amide bonds. The minimum atomic E-state index is -0.291. The first-order valence-corrected chi connectivity index (χ1v) is 5.25. The quantitative estimate of drug-likeness (QED) is 0.820. The first kappa shape index (κ1) is 10.5. The zero-order valence-corrected chi connectivity index (χ0v) is 8.74. The minimum absolute atomic E-state index is 0.194. The number of aromatic nitrogens is 1. The fourth-order valence-corrected chi connectivity index (χ4v) is 1.62. The molecule has 0 radical (unpaired) electrons. The smallest absolute Gasteiger partial charge is 0.141 e. The number of nitrogens with one attached hydrogen (secondary N) is 1. The van der Waals surface area contributed by atoms with Crippen LogP contribution in [0, 0.1) is 5.82 Å². The third kappa shape index (κ3) is 2.52. The van der Waals surface area contributed by atoms with Crippen LogP contribution in [0.2, 0.25) is 0 Å². The van der Waals surface area contributed by atoms with Gasteiger partial charge in [0.15, 0.2) is 0 Å². The van der Waals surface area contributed by atoms with Gasteiger partial charge in [0.05, 0.1) is 31.1 Å². The first-order chi connectivity index (χ1) is 7.29. The summed E-state index contributed by atoms with van der Waals surface area (Å²) in [5.41, 5.74) is 0.894. The fourth-order valence-electron chi connectivity index (χ4n) is 1.62. The summed E-state index contributed by atoms with van der Waals surface area (Å²) in [5, 5.41) is 3.43. The predicted octanol–water partition coefficient (Wildman–Crippen LogP) is 1.66. The van der Waals surface area contributed by atoms with E-state index in [1.165, 1.54) is 12.3 Å². The number of rotatable bonds is 4. The highest BCUT2D eigenvalue weighted by molar-refractivity contribution is 5.10. The standard InChI is InChI=1S/C11H15FN2O/c1-2-10(14-9-6-15-7-9)11-4-3-8(12)5-13-11/h3-5,9-10,14H,2,6-7H2,1H3. The third-order valence-corrected chi connectivity index (χ3v) is 2.59. The maximum Gasteiger partial charge on any atom is 0.141 e. The average molecular weight is 210 g/mol. The van der Waals surface area contributed by atoms with Crippen molar-refractivity contribution in [3.63, 3.8) is 0 Å². The molecule has 0 aromatic carbocycles. The van der Waals surface area contributed by atoms with Crippen molar-refractivity contribution >= 4 is 0 Å². The van der Waals surface area contributed by atoms with Gasteiger partial charge in [0, 0.05) is 6.04 Å². The van der Waals surface area contributed by atoms with Gasteiger partial charge in [-0.1, -0.05) is 6.92 Å². The van der Waals surface area contributed by atoms with Gasteiger partial charge in [0.2, 0.25) is 0 Å². The Kier molecular flexibility index (Phi) is 3.28. The van der Waals surface area contributed by atoms with E-state index >= 15 is 0 Å². The van der Waals surface area contributed by atoms with Crippen LogP contribution in [0.15, 0.2) is 18.3 Å². The molecule has 1 unspecified atom stereocenters. The molecule has 0 spiro atoms. The molecule has 0 aliphatic carbocycles. The maximum atomic E-state index is 12.7. The van der Waals surface area contributed by atoms with Crippen LogP contribution in [-0.2, 0) is 4.74 Å². The normalized spacial score (nSPS) is 18.5. The van der Waals surface area contributed by atoms with E-state index < -0.39 is 0 Å². The molecule has 15 heavy (non-hydrogen) atoms. The molecular formula is C11H15FN2O. The SMILES string of the molecule is CCC(NC1COC1)c1ccc(F)cn1. The second kappa shape index (κ2) is 4.68. The highest BCUT2D eigenvalue weighted by atomic mass is 19.1. The Bertz CT molecular complexity index is 311. The fraction of sp³-hybridized carbons (Fsp3) is 0.545. The number of hydrogen-bond donors (Lipinski definition) is 1. The Labute approximate surface area is 88.7 Å². The Morgan fingerprint density at radius 3 is 2.87 bits per heavy atom. The number of hydrogen-bond acceptors (Lipinski definition) is 3. The second-order valence-corrected chi connectivity index (χ2v) is 3.76. The second-order valence-electron chi connectivity index (χ2n) is 3.76. The summed E-state index contributed by atoms with van der Waals surface area (Å²) in [6, 6.07) is 3.79. The zero-order chi connectivity index (χ0) is 10.7. The van der Waals surface area contributed by atoms with Crippen molar-refractivity contribution in [3.05, 3.63) is 29.8 Å². The summed E-state index contributed by atoms with van der Waals surface area (Å²) < 4.78 is 17.8. The molecule has 1 aliphatic heterocycles. The lowest BCUT2D eigenvalue weighted by atomic mass is 10.1. The molecule has 1 aliphatic rings. The molecule has 1 aromatic rings. The van der Waals surface area contributed by atoms with Gasteiger partial charge in [-0.2, -0.15) is 0 Å². The minimum Gasteiger partial charge on any atom is -0.378 e. The van der Waals surface area contributed by atoms with Crippen LogP contribution in [0.25, 0.3) is 0 Å². The van der Waals surface area contributed by atoms with Gasteiger partial charge in [0.1, 0.15) is 5.82 Å². The molecule has 1 N–H and O–H groups in total. The van der Waals surface area contributed by atoms with Gasteiger partial charge in [-0.15, -0.1) is 0 Å². The summed E-state index contributed by atoms with van der Waals surface area (Å²) in [5.74, 6) is -0.291. The van der Waals surface area contributed by atoms with E-state index in [0.717, 1.165) is 25.3 Å². The van der Waals surface area contributed by atoms with E-state index in [9.17, 15) is 4.39 Å². The van der Waals surface area contributed by atoms with Crippen molar-refractivity contribution < 1.29 is 9.13 Å². The van der Waals surface area contributed by atoms with Gasteiger partial charge >= 0.3 is 0 Å². The lowest BCUT2D eigenvalue weighted by Crippen LogP contribution is -2.47. The van der Waals surface area contributed by atoms with E-state index in [1.807, 2.05) is 0 Å². The molecule has 2 rings (SSSR count). The van der Waals surface area contributed by atoms with E-state index in [-0.39, 0.29) is 11.9 Å². The number of halogens is 1. The number of nitrogens with zero attached hydrogens (tertiary/aromatic N) is 1. The van der Waals surface area contributed by atoms with Crippen molar-refractivity contribution in [1.29, 1.82) is 0 Å². The van der Waals surface area contributed by atoms with E-state index in [2.05, 4.69) is 17.2 Å². The van der Waals surface area contributed by atoms with Crippen LogP contribution < -0.4 is 5.32 Å². The lowest BCUT2D eigenvalue weighted by molar-refractivity contribution is -0.0105. The van der Waals surface area contributed by atoms with Crippen LogP contribution in [-0.4, -0.2) is 24.2 Å². The van der Waals surface area contributed by atoms with E-state index in [0.29, 0.717) is 6.04 Å². The predicted molar refractivity (Wildman–Crippen MR) is 55.0 cm³/mol. The highest BCUT2D eigenvalue weighted by Crippen LogP contribution is 2.16. The van der Waals surface area contributed by atoms with E-state index in [1.54, 1.807) is 6.07 Å². The first-order valence-electron chi connectivity index (χ1n) is 5.25. The Morgan fingerprint density at radius 1 is 1.60 bits per heavy atom. The summed E-state index contributed by atoms with van der Waals surface area (Å²) in [7, 11) is 0. The highest BCUT2D eigenvalue weighted by Gasteiger charge is 2.22. The van der Waals surface area contributed by atoms with Gasteiger partial charge in [0.25, 0.3) is 0 Å². The molecule has 3 nitrogen and oxygen atoms in total. The largest absolute Gasteiger partial charge is 0.378 e. The summed E-state index contributed by atoms with van der Waals surface area (Å²) in [4.78, 5) is 4.08. The van der Waals surface area contributed by atoms with Crippen molar-refractivity contribution in [2.45, 2.75) is 25.4 Å². The van der Waals surface area contributed by atoms with E-state index in [4.69, 9.17) is 4.74 Å². The summed E-state index contributed by atoms with van der Waals surface area (Å²) >= 11 is 0. The molecular weight excluding hydrogens is 195 g/mol. The Hall–Kier alpha value is -1.00. The lowest BCUT2D eigenvalue weighted by Gasteiger charge is -2.31. The number of pyridine rings is 1. The topological polar surface area (TPSA) is 34.1 Å². The van der Waals surface area contributed by atoms with Gasteiger partial charge < -0.3 is 10.1 Å². The van der Waals surface area contributed by atoms with Crippen molar-refractivity contribution in [3.8, 4) is 0 Å². The van der Waals surface area contributed by atoms with Gasteiger partial charge in [-0.3, -0.25) is 4.98 Å². The Morgan fingerprint density at radius 2 is 2.40 bits per heavy atom. The molecule has 82 valence electrons. The summed E-state index contributed by atoms with van der Waals surface area (Å²) in [6.45, 7) is 3.61. The number of ether oxygens (including phenoxy) is 1. The summed E-state index contributed by atoms with van der Waals surface area (Å²) in [6.07, 6.45) is 2.20. The van der Waals surface area contributed by atoms with Gasteiger partial charge in [-0.05, 0) is 18.6 Å². The third-order valence-electron chi connectivity index (χ3n) is 2.59. The van der Waals surface area contributed by atoms with Crippen LogP contribution in [0.5, 0.6) is 0 Å². The Balaban J connectivity index is 2.01. The molecule has 2 heterocycles. The van der Waals surface area contributed by atoms with Gasteiger partial charge in [-0.25, -0.2) is 4.39 Å². The monoisotopic (exact) mass is 210 g/mol. The van der Waals surface area contributed by atoms with Crippen molar-refractivity contribution in [2.24, 2.45) is 0 Å². The van der Waals surface area contributed by atoms with Crippen molar-refractivity contribution in [2.75, 3.05) is 13.2 Å².